The molecule has 0 fully saturated rings. The van der Waals surface area contributed by atoms with Crippen LogP contribution in [0.5, 0.6) is 0 Å². The predicted octanol–water partition coefficient (Wildman–Crippen LogP) is 3.35. The highest BCUT2D eigenvalue weighted by molar-refractivity contribution is 5.97. The Bertz CT molecular complexity index is 1040. The van der Waals surface area contributed by atoms with Crippen molar-refractivity contribution >= 4 is 23.5 Å². The number of carbonyl (C=O) groups excluding carboxylic acids is 3. The van der Waals surface area contributed by atoms with Gasteiger partial charge < -0.3 is 15.0 Å². The molecule has 0 aliphatic carbocycles. The van der Waals surface area contributed by atoms with Crippen LogP contribution in [-0.2, 0) is 9.53 Å². The van der Waals surface area contributed by atoms with Crippen molar-refractivity contribution in [3.05, 3.63) is 71.9 Å². The minimum atomic E-state index is -0.676. The average Bonchev–Trinajstić information content (AvgIpc) is 3.30. The smallest absolute Gasteiger partial charge is 0.356 e. The molecule has 0 saturated heterocycles. The van der Waals surface area contributed by atoms with E-state index in [0.717, 1.165) is 5.56 Å². The lowest BCUT2D eigenvalue weighted by molar-refractivity contribution is -0.119. The highest BCUT2D eigenvalue weighted by atomic mass is 16.5. The molecule has 2 N–H and O–H groups in total. The minimum Gasteiger partial charge on any atom is -0.451 e. The van der Waals surface area contributed by atoms with Gasteiger partial charge in [-0.3, -0.25) is 14.7 Å². The van der Waals surface area contributed by atoms with E-state index >= 15 is 0 Å². The number of benzene rings is 2. The number of hydrogen-bond donors (Lipinski definition) is 2. The van der Waals surface area contributed by atoms with Gasteiger partial charge in [0.2, 0.25) is 0 Å². The number of anilines is 1. The Morgan fingerprint density at radius 2 is 1.68 bits per heavy atom. The fourth-order valence-electron chi connectivity index (χ4n) is 2.98. The van der Waals surface area contributed by atoms with E-state index in [2.05, 4.69) is 15.5 Å². The third-order valence-corrected chi connectivity index (χ3v) is 4.67. The van der Waals surface area contributed by atoms with Crippen molar-refractivity contribution in [1.29, 1.82) is 0 Å². The topological polar surface area (TPSA) is 104 Å². The van der Waals surface area contributed by atoms with E-state index in [1.165, 1.54) is 0 Å². The largest absolute Gasteiger partial charge is 0.451 e. The third-order valence-electron chi connectivity index (χ3n) is 4.67. The molecule has 0 spiro atoms. The molecule has 2 amide bonds. The van der Waals surface area contributed by atoms with Crippen molar-refractivity contribution in [2.75, 3.05) is 25.0 Å². The molecule has 2 aromatic carbocycles. The van der Waals surface area contributed by atoms with Crippen molar-refractivity contribution in [1.82, 2.24) is 15.1 Å². The number of carbonyl (C=O) groups is 3. The lowest BCUT2D eigenvalue weighted by Crippen LogP contribution is -2.30. The van der Waals surface area contributed by atoms with E-state index < -0.39 is 18.5 Å². The van der Waals surface area contributed by atoms with E-state index in [-0.39, 0.29) is 11.6 Å². The first-order valence-electron chi connectivity index (χ1n) is 9.99. The second-order valence-electron chi connectivity index (χ2n) is 6.71. The maximum absolute atomic E-state index is 12.3. The summed E-state index contributed by atoms with van der Waals surface area (Å²) in [6, 6.07) is 17.5. The van der Waals surface area contributed by atoms with E-state index in [0.29, 0.717) is 30.0 Å². The molecule has 0 radical (unpaired) electrons. The molecule has 1 heterocycles. The maximum Gasteiger partial charge on any atom is 0.356 e. The van der Waals surface area contributed by atoms with Crippen LogP contribution in [0.3, 0.4) is 0 Å². The molecule has 160 valence electrons. The summed E-state index contributed by atoms with van der Waals surface area (Å²) in [7, 11) is 0. The van der Waals surface area contributed by atoms with Crippen LogP contribution in [0.1, 0.15) is 34.7 Å². The van der Waals surface area contributed by atoms with E-state index in [9.17, 15) is 14.4 Å². The van der Waals surface area contributed by atoms with Crippen LogP contribution >= 0.6 is 0 Å². The van der Waals surface area contributed by atoms with Gasteiger partial charge in [-0.1, -0.05) is 30.3 Å². The Morgan fingerprint density at radius 3 is 2.32 bits per heavy atom. The molecule has 0 unspecified atom stereocenters. The predicted molar refractivity (Wildman–Crippen MR) is 117 cm³/mol. The van der Waals surface area contributed by atoms with Crippen molar-refractivity contribution in [3.63, 3.8) is 0 Å². The molecular weight excluding hydrogens is 396 g/mol. The van der Waals surface area contributed by atoms with Crippen LogP contribution in [-0.4, -0.2) is 52.6 Å². The summed E-state index contributed by atoms with van der Waals surface area (Å²) in [5.41, 5.74) is 2.67. The molecule has 0 aliphatic heterocycles. The number of H-pyrrole nitrogens is 1. The number of nitrogens with zero attached hydrogens (tertiary/aromatic N) is 2. The maximum atomic E-state index is 12.3. The molecule has 0 bridgehead atoms. The van der Waals surface area contributed by atoms with Crippen molar-refractivity contribution < 1.29 is 19.1 Å². The number of nitrogens with one attached hydrogen (secondary N) is 2. The van der Waals surface area contributed by atoms with E-state index in [1.54, 1.807) is 35.2 Å². The summed E-state index contributed by atoms with van der Waals surface area (Å²) in [4.78, 5) is 38.3. The zero-order valence-electron chi connectivity index (χ0n) is 17.4. The first kappa shape index (κ1) is 21.8. The van der Waals surface area contributed by atoms with Crippen molar-refractivity contribution in [3.8, 4) is 11.3 Å². The summed E-state index contributed by atoms with van der Waals surface area (Å²) in [5.74, 6) is -1.23. The Balaban J connectivity index is 1.51. The minimum absolute atomic E-state index is 0.0637. The highest BCUT2D eigenvalue weighted by Crippen LogP contribution is 2.17. The summed E-state index contributed by atoms with van der Waals surface area (Å²) < 4.78 is 5.05. The van der Waals surface area contributed by atoms with Crippen LogP contribution < -0.4 is 5.32 Å². The Hall–Kier alpha value is -3.94. The standard InChI is InChI=1S/C23H24N4O4/c1-3-27(4-2)22(29)17-10-12-18(13-11-17)24-21(28)15-31-23(30)20-14-19(25-26-20)16-8-6-5-7-9-16/h5-14H,3-4,15H2,1-2H3,(H,24,28)(H,25,26). The van der Waals surface area contributed by atoms with Crippen LogP contribution in [0.2, 0.25) is 0 Å². The normalized spacial score (nSPS) is 10.4. The van der Waals surface area contributed by atoms with Gasteiger partial charge in [-0.25, -0.2) is 4.79 Å². The van der Waals surface area contributed by atoms with Gasteiger partial charge in [-0.05, 0) is 44.2 Å². The summed E-state index contributed by atoms with van der Waals surface area (Å²) in [6.45, 7) is 4.65. The van der Waals surface area contributed by atoms with Crippen LogP contribution in [0.4, 0.5) is 5.69 Å². The Labute approximate surface area is 180 Å². The van der Waals surface area contributed by atoms with Gasteiger partial charge in [0.25, 0.3) is 11.8 Å². The number of amides is 2. The van der Waals surface area contributed by atoms with Gasteiger partial charge in [0.1, 0.15) is 5.69 Å². The molecule has 0 aliphatic rings. The van der Waals surface area contributed by atoms with E-state index in [1.807, 2.05) is 44.2 Å². The average molecular weight is 420 g/mol. The molecule has 8 heteroatoms. The molecule has 1 aromatic heterocycles. The zero-order valence-corrected chi connectivity index (χ0v) is 17.4. The highest BCUT2D eigenvalue weighted by Gasteiger charge is 2.15. The van der Waals surface area contributed by atoms with Crippen molar-refractivity contribution in [2.24, 2.45) is 0 Å². The molecule has 3 rings (SSSR count). The van der Waals surface area contributed by atoms with Gasteiger partial charge >= 0.3 is 5.97 Å². The summed E-state index contributed by atoms with van der Waals surface area (Å²) in [6.07, 6.45) is 0. The number of hydrogen-bond acceptors (Lipinski definition) is 5. The fourth-order valence-corrected chi connectivity index (χ4v) is 2.98. The van der Waals surface area contributed by atoms with Crippen LogP contribution in [0.15, 0.2) is 60.7 Å². The quantitative estimate of drug-likeness (QED) is 0.544. The number of aromatic nitrogens is 2. The molecule has 0 saturated carbocycles. The Kier molecular flexibility index (Phi) is 7.16. The van der Waals surface area contributed by atoms with Gasteiger partial charge in [-0.15, -0.1) is 0 Å². The zero-order chi connectivity index (χ0) is 22.2. The second kappa shape index (κ2) is 10.2. The number of rotatable bonds is 8. The molecule has 31 heavy (non-hydrogen) atoms. The summed E-state index contributed by atoms with van der Waals surface area (Å²) >= 11 is 0. The summed E-state index contributed by atoms with van der Waals surface area (Å²) in [5, 5.41) is 9.35. The molecule has 3 aromatic rings. The Morgan fingerprint density at radius 1 is 1.00 bits per heavy atom. The van der Waals surface area contributed by atoms with Gasteiger partial charge in [-0.2, -0.15) is 5.10 Å². The van der Waals surface area contributed by atoms with Crippen LogP contribution in [0.25, 0.3) is 11.3 Å². The first-order chi connectivity index (χ1) is 15.0. The molecule has 8 nitrogen and oxygen atoms in total. The lowest BCUT2D eigenvalue weighted by atomic mass is 10.1. The van der Waals surface area contributed by atoms with Crippen molar-refractivity contribution in [2.45, 2.75) is 13.8 Å². The third kappa shape index (κ3) is 5.57. The molecule has 0 atom stereocenters. The number of aromatic amines is 1. The fraction of sp³-hybridized carbons (Fsp3) is 0.217. The van der Waals surface area contributed by atoms with Crippen LogP contribution in [0, 0.1) is 0 Å². The van der Waals surface area contributed by atoms with E-state index in [4.69, 9.17) is 4.74 Å². The second-order valence-corrected chi connectivity index (χ2v) is 6.71. The first-order valence-corrected chi connectivity index (χ1v) is 9.99. The molecular formula is C23H24N4O4. The van der Waals surface area contributed by atoms with Gasteiger partial charge in [0.05, 0.1) is 5.69 Å². The number of esters is 1. The SMILES string of the molecule is CCN(CC)C(=O)c1ccc(NC(=O)COC(=O)c2cc(-c3ccccc3)n[nH]2)cc1. The lowest BCUT2D eigenvalue weighted by Gasteiger charge is -2.18. The number of ether oxygens (including phenoxy) is 1. The monoisotopic (exact) mass is 420 g/mol. The van der Waals surface area contributed by atoms with Gasteiger partial charge in [0, 0.05) is 29.9 Å². The van der Waals surface area contributed by atoms with Gasteiger partial charge in [0.15, 0.2) is 6.61 Å².